The molecule has 0 saturated carbocycles. The molecule has 0 aliphatic carbocycles. The normalized spacial score (nSPS) is 16.2. The Kier molecular flexibility index (Phi) is 3.89. The van der Waals surface area contributed by atoms with Crippen molar-refractivity contribution in [1.29, 1.82) is 0 Å². The highest BCUT2D eigenvalue weighted by Crippen LogP contribution is 2.37. The van der Waals surface area contributed by atoms with E-state index in [0.717, 1.165) is 34.7 Å². The number of imidazole rings is 1. The maximum absolute atomic E-state index is 13.8. The van der Waals surface area contributed by atoms with Crippen LogP contribution in [-0.4, -0.2) is 21.9 Å². The molecule has 3 aromatic carbocycles. The summed E-state index contributed by atoms with van der Waals surface area (Å²) in [5.41, 5.74) is 4.77. The van der Waals surface area contributed by atoms with Gasteiger partial charge >= 0.3 is 0 Å². The average Bonchev–Trinajstić information content (AvgIpc) is 3.46. The number of para-hydroxylation sites is 1. The fraction of sp³-hybridized carbons (Fsp3) is 0.160. The Morgan fingerprint density at radius 2 is 1.71 bits per heavy atom. The Hall–Kier alpha value is -3.38. The molecule has 6 rings (SSSR count). The van der Waals surface area contributed by atoms with Crippen molar-refractivity contribution in [2.45, 2.75) is 30.7 Å². The van der Waals surface area contributed by atoms with E-state index in [1.807, 2.05) is 61.9 Å². The van der Waals surface area contributed by atoms with Gasteiger partial charge in [-0.05, 0) is 49.6 Å². The first-order chi connectivity index (χ1) is 15.0. The monoisotopic (exact) mass is 427 g/mol. The number of hydrogen-bond donors (Lipinski definition) is 0. The van der Waals surface area contributed by atoms with E-state index in [1.165, 1.54) is 9.67 Å². The molecule has 1 atom stereocenters. The molecule has 1 unspecified atom stereocenters. The zero-order valence-electron chi connectivity index (χ0n) is 17.1. The molecule has 5 aromatic rings. The number of aromatic nitrogens is 3. The summed E-state index contributed by atoms with van der Waals surface area (Å²) in [6.07, 6.45) is 5.76. The minimum absolute atomic E-state index is 0.176. The van der Waals surface area contributed by atoms with Gasteiger partial charge in [0.1, 0.15) is 0 Å². The van der Waals surface area contributed by atoms with E-state index in [2.05, 4.69) is 21.7 Å². The van der Waals surface area contributed by atoms with Gasteiger partial charge in [-0.25, -0.2) is 17.4 Å². The van der Waals surface area contributed by atoms with Crippen LogP contribution in [0.3, 0.4) is 0 Å². The summed E-state index contributed by atoms with van der Waals surface area (Å²) in [6.45, 7) is 1.95. The molecule has 2 aromatic heterocycles. The lowest BCUT2D eigenvalue weighted by Gasteiger charge is -2.15. The highest BCUT2D eigenvalue weighted by atomic mass is 32.2. The molecule has 5 nitrogen and oxygen atoms in total. The van der Waals surface area contributed by atoms with Crippen LogP contribution < -0.4 is 0 Å². The minimum atomic E-state index is -3.76. The van der Waals surface area contributed by atoms with E-state index in [1.54, 1.807) is 12.1 Å². The molecule has 0 fully saturated rings. The van der Waals surface area contributed by atoms with Gasteiger partial charge in [0.15, 0.2) is 0 Å². The van der Waals surface area contributed by atoms with Gasteiger partial charge in [0.2, 0.25) is 0 Å². The van der Waals surface area contributed by atoms with Crippen molar-refractivity contribution >= 4 is 31.8 Å². The van der Waals surface area contributed by atoms with E-state index >= 15 is 0 Å². The molecular formula is C25H21N3O2S. The lowest BCUT2D eigenvalue weighted by atomic mass is 10.0. The van der Waals surface area contributed by atoms with Crippen LogP contribution in [0.2, 0.25) is 0 Å². The minimum Gasteiger partial charge on any atom is -0.327 e. The largest absolute Gasteiger partial charge is 0.327 e. The zero-order valence-corrected chi connectivity index (χ0v) is 17.9. The molecule has 1 aliphatic heterocycles. The second kappa shape index (κ2) is 6.56. The number of nitrogens with zero attached hydrogens (tertiary/aromatic N) is 3. The van der Waals surface area contributed by atoms with Crippen LogP contribution in [0.5, 0.6) is 0 Å². The van der Waals surface area contributed by atoms with Gasteiger partial charge in [0.25, 0.3) is 10.0 Å². The summed E-state index contributed by atoms with van der Waals surface area (Å²) in [5.74, 6) is 0. The second-order valence-electron chi connectivity index (χ2n) is 8.22. The fourth-order valence-corrected chi connectivity index (χ4v) is 6.31. The van der Waals surface area contributed by atoms with Crippen molar-refractivity contribution in [3.05, 3.63) is 96.1 Å². The van der Waals surface area contributed by atoms with Crippen molar-refractivity contribution in [1.82, 2.24) is 13.5 Å². The quantitative estimate of drug-likeness (QED) is 0.404. The fourth-order valence-electron chi connectivity index (χ4n) is 4.79. The smallest absolute Gasteiger partial charge is 0.268 e. The van der Waals surface area contributed by atoms with Gasteiger partial charge in [0.05, 0.1) is 28.3 Å². The first-order valence-corrected chi connectivity index (χ1v) is 11.8. The van der Waals surface area contributed by atoms with Crippen molar-refractivity contribution in [2.24, 2.45) is 0 Å². The van der Waals surface area contributed by atoms with Crippen molar-refractivity contribution in [2.75, 3.05) is 0 Å². The Morgan fingerprint density at radius 1 is 0.935 bits per heavy atom. The van der Waals surface area contributed by atoms with Gasteiger partial charge in [-0.3, -0.25) is 0 Å². The van der Waals surface area contributed by atoms with Crippen LogP contribution in [0.25, 0.3) is 21.8 Å². The van der Waals surface area contributed by atoms with Gasteiger partial charge in [-0.15, -0.1) is 0 Å². The Labute approximate surface area is 180 Å². The first kappa shape index (κ1) is 18.4. The third kappa shape index (κ3) is 2.68. The number of fused-ring (bicyclic) bond motifs is 4. The topological polar surface area (TPSA) is 56.9 Å². The highest BCUT2D eigenvalue weighted by Gasteiger charge is 2.27. The standard InChI is InChI=1S/C25H21N3O2S/c1-17-6-10-20(11-7-17)31(29,30)28-24-5-3-2-4-21(24)22-12-8-18(14-25(22)28)23-13-9-19-15-26-16-27(19)23/h2-8,10-12,14-16,23H,9,13H2,1H3. The van der Waals surface area contributed by atoms with Crippen molar-refractivity contribution in [3.8, 4) is 0 Å². The molecule has 0 spiro atoms. The molecule has 154 valence electrons. The number of rotatable bonds is 3. The Bertz CT molecular complexity index is 1560. The summed E-state index contributed by atoms with van der Waals surface area (Å²) in [5, 5.41) is 1.88. The van der Waals surface area contributed by atoms with Crippen LogP contribution in [0.15, 0.2) is 84.1 Å². The maximum Gasteiger partial charge on any atom is 0.268 e. The predicted molar refractivity (Wildman–Crippen MR) is 122 cm³/mol. The van der Waals surface area contributed by atoms with Gasteiger partial charge in [0, 0.05) is 22.7 Å². The molecule has 0 bridgehead atoms. The molecular weight excluding hydrogens is 406 g/mol. The second-order valence-corrected chi connectivity index (χ2v) is 10.0. The molecule has 31 heavy (non-hydrogen) atoms. The molecule has 6 heteroatoms. The van der Waals surface area contributed by atoms with Crippen molar-refractivity contribution in [3.63, 3.8) is 0 Å². The zero-order chi connectivity index (χ0) is 21.2. The molecule has 3 heterocycles. The van der Waals surface area contributed by atoms with E-state index < -0.39 is 10.0 Å². The van der Waals surface area contributed by atoms with Crippen LogP contribution in [0.1, 0.15) is 29.3 Å². The van der Waals surface area contributed by atoms with Crippen molar-refractivity contribution < 1.29 is 8.42 Å². The predicted octanol–water partition coefficient (Wildman–Crippen LogP) is 5.07. The molecule has 0 N–H and O–H groups in total. The maximum atomic E-state index is 13.8. The molecule has 0 saturated heterocycles. The van der Waals surface area contributed by atoms with Crippen LogP contribution >= 0.6 is 0 Å². The van der Waals surface area contributed by atoms with Crippen LogP contribution in [-0.2, 0) is 16.4 Å². The van der Waals surface area contributed by atoms with E-state index in [4.69, 9.17) is 0 Å². The Balaban J connectivity index is 1.63. The summed E-state index contributed by atoms with van der Waals surface area (Å²) < 4.78 is 31.2. The number of hydrogen-bond acceptors (Lipinski definition) is 3. The Morgan fingerprint density at radius 3 is 2.55 bits per heavy atom. The number of aryl methyl sites for hydroxylation is 2. The summed E-state index contributed by atoms with van der Waals surface area (Å²) in [6, 6.07) is 21.2. The first-order valence-electron chi connectivity index (χ1n) is 10.4. The van der Waals surface area contributed by atoms with Gasteiger partial charge < -0.3 is 4.57 Å². The average molecular weight is 428 g/mol. The van der Waals surface area contributed by atoms with E-state index in [9.17, 15) is 8.42 Å². The number of benzene rings is 3. The summed E-state index contributed by atoms with van der Waals surface area (Å²) in [4.78, 5) is 4.58. The van der Waals surface area contributed by atoms with Gasteiger partial charge in [-0.1, -0.05) is 48.0 Å². The third-order valence-corrected chi connectivity index (χ3v) is 8.10. The van der Waals surface area contributed by atoms with Crippen LogP contribution in [0.4, 0.5) is 0 Å². The SMILES string of the molecule is Cc1ccc(S(=O)(=O)n2c3ccccc3c3ccc(C4CCc5cncn54)cc32)cc1. The molecule has 0 amide bonds. The third-order valence-electron chi connectivity index (χ3n) is 6.35. The molecule has 0 radical (unpaired) electrons. The van der Waals surface area contributed by atoms with E-state index in [-0.39, 0.29) is 6.04 Å². The lowest BCUT2D eigenvalue weighted by Crippen LogP contribution is -2.13. The molecule has 1 aliphatic rings. The lowest BCUT2D eigenvalue weighted by molar-refractivity contribution is 0.590. The van der Waals surface area contributed by atoms with E-state index in [0.29, 0.717) is 15.9 Å². The van der Waals surface area contributed by atoms with Gasteiger partial charge in [-0.2, -0.15) is 0 Å². The van der Waals surface area contributed by atoms with Crippen LogP contribution in [0, 0.1) is 6.92 Å². The summed E-state index contributed by atoms with van der Waals surface area (Å²) >= 11 is 0. The summed E-state index contributed by atoms with van der Waals surface area (Å²) in [7, 11) is -3.76. The highest BCUT2D eigenvalue weighted by molar-refractivity contribution is 7.90.